The summed E-state index contributed by atoms with van der Waals surface area (Å²) in [4.78, 5) is 27.4. The van der Waals surface area contributed by atoms with Crippen molar-refractivity contribution in [2.24, 2.45) is 0 Å². The number of carbonyl (C=O) groups is 2. The van der Waals surface area contributed by atoms with Crippen molar-refractivity contribution in [1.29, 1.82) is 0 Å². The zero-order chi connectivity index (χ0) is 16.1. The summed E-state index contributed by atoms with van der Waals surface area (Å²) in [5, 5.41) is 0. The van der Waals surface area contributed by atoms with E-state index in [4.69, 9.17) is 4.74 Å². The molecule has 0 spiro atoms. The van der Waals surface area contributed by atoms with Crippen molar-refractivity contribution in [3.63, 3.8) is 0 Å². The average molecular weight is 304 g/mol. The number of benzene rings is 1. The predicted molar refractivity (Wildman–Crippen MR) is 84.8 cm³/mol. The number of carbonyl (C=O) groups excluding carboxylic acids is 2. The van der Waals surface area contributed by atoms with Crippen molar-refractivity contribution >= 4 is 11.8 Å². The van der Waals surface area contributed by atoms with Crippen LogP contribution in [0, 0.1) is 0 Å². The van der Waals surface area contributed by atoms with E-state index in [0.717, 1.165) is 5.56 Å². The predicted octanol–water partition coefficient (Wildman–Crippen LogP) is 1.57. The van der Waals surface area contributed by atoms with E-state index in [-0.39, 0.29) is 17.9 Å². The Kier molecular flexibility index (Phi) is 5.55. The van der Waals surface area contributed by atoms with Gasteiger partial charge in [-0.2, -0.15) is 0 Å². The van der Waals surface area contributed by atoms with Crippen LogP contribution in [0.3, 0.4) is 0 Å². The van der Waals surface area contributed by atoms with Gasteiger partial charge in [-0.1, -0.05) is 12.1 Å². The zero-order valence-corrected chi connectivity index (χ0v) is 13.5. The summed E-state index contributed by atoms with van der Waals surface area (Å²) in [5.74, 6) is 0.161. The number of rotatable bonds is 4. The lowest BCUT2D eigenvalue weighted by Crippen LogP contribution is -2.44. The number of aryl methyl sites for hydroxylation is 1. The summed E-state index contributed by atoms with van der Waals surface area (Å²) in [5.41, 5.74) is 1.74. The molecule has 0 N–H and O–H groups in total. The van der Waals surface area contributed by atoms with E-state index in [1.165, 1.54) is 0 Å². The number of hydrogen-bond donors (Lipinski definition) is 0. The molecular formula is C17H24N2O3. The smallest absolute Gasteiger partial charge is 0.253 e. The lowest BCUT2D eigenvalue weighted by Gasteiger charge is -2.31. The second-order valence-corrected chi connectivity index (χ2v) is 5.92. The van der Waals surface area contributed by atoms with Crippen molar-refractivity contribution in [1.82, 2.24) is 9.80 Å². The number of morpholine rings is 1. The molecule has 5 nitrogen and oxygen atoms in total. The van der Waals surface area contributed by atoms with E-state index in [0.29, 0.717) is 38.1 Å². The lowest BCUT2D eigenvalue weighted by molar-refractivity contribution is -0.138. The fraction of sp³-hybridized carbons (Fsp3) is 0.529. The zero-order valence-electron chi connectivity index (χ0n) is 13.5. The van der Waals surface area contributed by atoms with Gasteiger partial charge in [-0.3, -0.25) is 9.59 Å². The molecule has 120 valence electrons. The van der Waals surface area contributed by atoms with Crippen LogP contribution in [0.4, 0.5) is 0 Å². The molecule has 0 saturated carbocycles. The van der Waals surface area contributed by atoms with Crippen LogP contribution in [-0.2, 0) is 16.0 Å². The van der Waals surface area contributed by atoms with E-state index in [9.17, 15) is 9.59 Å². The van der Waals surface area contributed by atoms with Crippen molar-refractivity contribution in [2.45, 2.75) is 25.9 Å². The maximum absolute atomic E-state index is 12.2. The standard InChI is InChI=1S/C17H24N2O3/c1-13-12-19(10-11-22-13)16(20)9-6-14-4-7-15(8-5-14)17(21)18(2)3/h4-5,7-8,13H,6,9-12H2,1-3H3. The number of ether oxygens (including phenoxy) is 1. The molecule has 1 aliphatic rings. The molecule has 1 aromatic rings. The molecule has 2 amide bonds. The van der Waals surface area contributed by atoms with E-state index in [2.05, 4.69) is 0 Å². The van der Waals surface area contributed by atoms with Crippen molar-refractivity contribution in [3.8, 4) is 0 Å². The maximum atomic E-state index is 12.2. The number of nitrogens with zero attached hydrogens (tertiary/aromatic N) is 2. The normalized spacial score (nSPS) is 18.1. The van der Waals surface area contributed by atoms with E-state index in [1.807, 2.05) is 36.1 Å². The van der Waals surface area contributed by atoms with Crippen LogP contribution < -0.4 is 0 Å². The van der Waals surface area contributed by atoms with Gasteiger partial charge in [0.2, 0.25) is 5.91 Å². The molecule has 0 aliphatic carbocycles. The Labute approximate surface area is 131 Å². The topological polar surface area (TPSA) is 49.9 Å². The highest BCUT2D eigenvalue weighted by Gasteiger charge is 2.20. The highest BCUT2D eigenvalue weighted by molar-refractivity contribution is 5.93. The first-order valence-corrected chi connectivity index (χ1v) is 7.67. The van der Waals surface area contributed by atoms with Crippen LogP contribution in [0.5, 0.6) is 0 Å². The third-order valence-electron chi connectivity index (χ3n) is 3.83. The van der Waals surface area contributed by atoms with Gasteiger partial charge in [0.05, 0.1) is 12.7 Å². The third-order valence-corrected chi connectivity index (χ3v) is 3.83. The molecule has 1 saturated heterocycles. The molecule has 1 heterocycles. The minimum absolute atomic E-state index is 0.00932. The van der Waals surface area contributed by atoms with Crippen LogP contribution in [-0.4, -0.2) is 61.5 Å². The quantitative estimate of drug-likeness (QED) is 0.848. The largest absolute Gasteiger partial charge is 0.375 e. The average Bonchev–Trinajstić information content (AvgIpc) is 2.52. The van der Waals surface area contributed by atoms with Gasteiger partial charge in [0.25, 0.3) is 5.91 Å². The summed E-state index contributed by atoms with van der Waals surface area (Å²) >= 11 is 0. The molecule has 1 fully saturated rings. The van der Waals surface area contributed by atoms with Crippen LogP contribution in [0.25, 0.3) is 0 Å². The van der Waals surface area contributed by atoms with Crippen molar-refractivity contribution in [3.05, 3.63) is 35.4 Å². The van der Waals surface area contributed by atoms with Gasteiger partial charge < -0.3 is 14.5 Å². The third kappa shape index (κ3) is 4.31. The Morgan fingerprint density at radius 3 is 2.55 bits per heavy atom. The van der Waals surface area contributed by atoms with Gasteiger partial charge in [0, 0.05) is 39.2 Å². The van der Waals surface area contributed by atoms with Gasteiger partial charge >= 0.3 is 0 Å². The minimum Gasteiger partial charge on any atom is -0.375 e. The van der Waals surface area contributed by atoms with Gasteiger partial charge in [-0.05, 0) is 31.0 Å². The van der Waals surface area contributed by atoms with Crippen LogP contribution >= 0.6 is 0 Å². The minimum atomic E-state index is -0.00932. The molecular weight excluding hydrogens is 280 g/mol. The molecule has 1 aromatic carbocycles. The lowest BCUT2D eigenvalue weighted by atomic mass is 10.1. The summed E-state index contributed by atoms with van der Waals surface area (Å²) < 4.78 is 5.45. The highest BCUT2D eigenvalue weighted by atomic mass is 16.5. The number of hydrogen-bond acceptors (Lipinski definition) is 3. The van der Waals surface area contributed by atoms with Crippen LogP contribution in [0.2, 0.25) is 0 Å². The Morgan fingerprint density at radius 1 is 1.27 bits per heavy atom. The molecule has 0 radical (unpaired) electrons. The molecule has 0 bridgehead atoms. The van der Waals surface area contributed by atoms with E-state index < -0.39 is 0 Å². The first-order chi connectivity index (χ1) is 10.5. The van der Waals surface area contributed by atoms with E-state index in [1.54, 1.807) is 19.0 Å². The molecule has 22 heavy (non-hydrogen) atoms. The van der Waals surface area contributed by atoms with Crippen molar-refractivity contribution in [2.75, 3.05) is 33.8 Å². The van der Waals surface area contributed by atoms with Gasteiger partial charge in [0.1, 0.15) is 0 Å². The van der Waals surface area contributed by atoms with Crippen LogP contribution in [0.1, 0.15) is 29.3 Å². The summed E-state index contributed by atoms with van der Waals surface area (Å²) in [7, 11) is 3.47. The summed E-state index contributed by atoms with van der Waals surface area (Å²) in [6.07, 6.45) is 1.31. The molecule has 1 aliphatic heterocycles. The molecule has 1 unspecified atom stereocenters. The monoisotopic (exact) mass is 304 g/mol. The Hall–Kier alpha value is -1.88. The second kappa shape index (κ2) is 7.40. The van der Waals surface area contributed by atoms with E-state index >= 15 is 0 Å². The SMILES string of the molecule is CC1CN(C(=O)CCc2ccc(C(=O)N(C)C)cc2)CCO1. The first-order valence-electron chi connectivity index (χ1n) is 7.67. The second-order valence-electron chi connectivity index (χ2n) is 5.92. The summed E-state index contributed by atoms with van der Waals surface area (Å²) in [6, 6.07) is 7.48. The molecule has 1 atom stereocenters. The first kappa shape index (κ1) is 16.5. The molecule has 0 aromatic heterocycles. The van der Waals surface area contributed by atoms with Crippen LogP contribution in [0.15, 0.2) is 24.3 Å². The fourth-order valence-electron chi connectivity index (χ4n) is 2.53. The molecule has 2 rings (SSSR count). The van der Waals surface area contributed by atoms with Gasteiger partial charge in [-0.25, -0.2) is 0 Å². The Morgan fingerprint density at radius 2 is 1.95 bits per heavy atom. The van der Waals surface area contributed by atoms with Gasteiger partial charge in [0.15, 0.2) is 0 Å². The van der Waals surface area contributed by atoms with Crippen molar-refractivity contribution < 1.29 is 14.3 Å². The maximum Gasteiger partial charge on any atom is 0.253 e. The Balaban J connectivity index is 1.86. The molecule has 5 heteroatoms. The number of amides is 2. The highest BCUT2D eigenvalue weighted by Crippen LogP contribution is 2.11. The Bertz CT molecular complexity index is 525. The fourth-order valence-corrected chi connectivity index (χ4v) is 2.53. The van der Waals surface area contributed by atoms with Gasteiger partial charge in [-0.15, -0.1) is 0 Å². The summed E-state index contributed by atoms with van der Waals surface area (Å²) in [6.45, 7) is 3.96.